The van der Waals surface area contributed by atoms with Crippen LogP contribution in [-0.4, -0.2) is 22.2 Å². The molecule has 0 fully saturated rings. The van der Waals surface area contributed by atoms with Crippen LogP contribution in [0.5, 0.6) is 0 Å². The molecule has 0 radical (unpaired) electrons. The molecular formula is C12H6O4S2. The first-order chi connectivity index (χ1) is 8.56. The van der Waals surface area contributed by atoms with Gasteiger partial charge in [-0.15, -0.1) is 22.7 Å². The van der Waals surface area contributed by atoms with E-state index in [0.717, 1.165) is 19.5 Å². The predicted octanol–water partition coefficient (Wildman–Crippen LogP) is 3.51. The standard InChI is InChI=1S/C12H6O4S2/c13-11(14)5-1-2-6-7(3-5)17-8-4-9(12(15)16)18-10(6)8/h1-4H,(H,13,14)(H,15,16). The van der Waals surface area contributed by atoms with E-state index in [1.54, 1.807) is 18.2 Å². The Morgan fingerprint density at radius 3 is 2.39 bits per heavy atom. The summed E-state index contributed by atoms with van der Waals surface area (Å²) in [7, 11) is 0. The van der Waals surface area contributed by atoms with Crippen molar-refractivity contribution in [2.75, 3.05) is 0 Å². The summed E-state index contributed by atoms with van der Waals surface area (Å²) in [6, 6.07) is 6.53. The van der Waals surface area contributed by atoms with Crippen LogP contribution in [0.3, 0.4) is 0 Å². The van der Waals surface area contributed by atoms with Crippen LogP contribution in [-0.2, 0) is 0 Å². The van der Waals surface area contributed by atoms with Crippen molar-refractivity contribution in [1.82, 2.24) is 0 Å². The molecule has 2 aromatic heterocycles. The van der Waals surface area contributed by atoms with Crippen molar-refractivity contribution >= 4 is 54.1 Å². The summed E-state index contributed by atoms with van der Waals surface area (Å²) >= 11 is 2.63. The molecule has 0 aliphatic carbocycles. The third-order valence-electron chi connectivity index (χ3n) is 2.60. The van der Waals surface area contributed by atoms with E-state index >= 15 is 0 Å². The third kappa shape index (κ3) is 1.58. The van der Waals surface area contributed by atoms with Crippen LogP contribution in [0, 0.1) is 0 Å². The fourth-order valence-corrected chi connectivity index (χ4v) is 4.19. The van der Waals surface area contributed by atoms with Crippen LogP contribution in [0.25, 0.3) is 19.5 Å². The summed E-state index contributed by atoms with van der Waals surface area (Å²) in [6.07, 6.45) is 0. The molecule has 0 aliphatic rings. The van der Waals surface area contributed by atoms with E-state index in [2.05, 4.69) is 0 Å². The van der Waals surface area contributed by atoms with Gasteiger partial charge in [-0.1, -0.05) is 6.07 Å². The molecule has 90 valence electrons. The summed E-state index contributed by atoms with van der Waals surface area (Å²) in [5.41, 5.74) is 0.245. The average Bonchev–Trinajstić information content (AvgIpc) is 2.84. The number of hydrogen-bond acceptors (Lipinski definition) is 4. The Balaban J connectivity index is 2.29. The fraction of sp³-hybridized carbons (Fsp3) is 0. The number of rotatable bonds is 2. The topological polar surface area (TPSA) is 74.6 Å². The molecule has 3 rings (SSSR count). The second kappa shape index (κ2) is 3.79. The molecule has 18 heavy (non-hydrogen) atoms. The van der Waals surface area contributed by atoms with Gasteiger partial charge in [0.2, 0.25) is 0 Å². The van der Waals surface area contributed by atoms with Crippen LogP contribution in [0.15, 0.2) is 24.3 Å². The molecule has 0 aliphatic heterocycles. The van der Waals surface area contributed by atoms with Crippen LogP contribution in [0.2, 0.25) is 0 Å². The number of carboxylic acid groups (broad SMARTS) is 2. The second-order valence-electron chi connectivity index (χ2n) is 3.73. The molecule has 1 aromatic carbocycles. The van der Waals surface area contributed by atoms with Gasteiger partial charge in [0.25, 0.3) is 0 Å². The van der Waals surface area contributed by atoms with Crippen molar-refractivity contribution in [3.63, 3.8) is 0 Å². The molecule has 0 spiro atoms. The molecule has 2 heterocycles. The quantitative estimate of drug-likeness (QED) is 0.752. The number of benzene rings is 1. The number of carbonyl (C=O) groups is 2. The van der Waals surface area contributed by atoms with Gasteiger partial charge in [-0.05, 0) is 18.2 Å². The van der Waals surface area contributed by atoms with Crippen LogP contribution in [0.4, 0.5) is 0 Å². The van der Waals surface area contributed by atoms with E-state index in [9.17, 15) is 9.59 Å². The molecule has 0 amide bonds. The van der Waals surface area contributed by atoms with Gasteiger partial charge in [0.1, 0.15) is 4.88 Å². The van der Waals surface area contributed by atoms with Gasteiger partial charge in [-0.2, -0.15) is 0 Å². The largest absolute Gasteiger partial charge is 0.478 e. The fourth-order valence-electron chi connectivity index (χ4n) is 1.79. The van der Waals surface area contributed by atoms with Crippen molar-refractivity contribution in [2.45, 2.75) is 0 Å². The van der Waals surface area contributed by atoms with Gasteiger partial charge >= 0.3 is 11.9 Å². The zero-order valence-corrected chi connectivity index (χ0v) is 10.5. The molecule has 0 bridgehead atoms. The normalized spacial score (nSPS) is 11.1. The molecule has 0 atom stereocenters. The monoisotopic (exact) mass is 278 g/mol. The predicted molar refractivity (Wildman–Crippen MR) is 71.1 cm³/mol. The number of carboxylic acids is 2. The van der Waals surface area contributed by atoms with Crippen molar-refractivity contribution < 1.29 is 19.8 Å². The minimum atomic E-state index is -0.958. The third-order valence-corrected chi connectivity index (χ3v) is 4.99. The first kappa shape index (κ1) is 11.2. The molecule has 2 N–H and O–H groups in total. The highest BCUT2D eigenvalue weighted by Crippen LogP contribution is 2.39. The lowest BCUT2D eigenvalue weighted by Crippen LogP contribution is -1.94. The average molecular weight is 278 g/mol. The summed E-state index contributed by atoms with van der Waals surface area (Å²) in [5, 5.41) is 18.8. The summed E-state index contributed by atoms with van der Waals surface area (Å²) in [4.78, 5) is 22.1. The Labute approximate surface area is 109 Å². The van der Waals surface area contributed by atoms with Crippen molar-refractivity contribution in [3.05, 3.63) is 34.7 Å². The van der Waals surface area contributed by atoms with Gasteiger partial charge in [-0.25, -0.2) is 9.59 Å². The maximum absolute atomic E-state index is 10.9. The Bertz CT molecular complexity index is 781. The molecule has 0 saturated carbocycles. The zero-order chi connectivity index (χ0) is 12.9. The summed E-state index contributed by atoms with van der Waals surface area (Å²) in [5.74, 6) is -1.89. The van der Waals surface area contributed by atoms with Crippen LogP contribution >= 0.6 is 22.7 Å². The van der Waals surface area contributed by atoms with Crippen molar-refractivity contribution in [2.24, 2.45) is 0 Å². The zero-order valence-electron chi connectivity index (χ0n) is 8.84. The maximum atomic E-state index is 10.9. The maximum Gasteiger partial charge on any atom is 0.345 e. The van der Waals surface area contributed by atoms with Crippen molar-refractivity contribution in [1.29, 1.82) is 0 Å². The lowest BCUT2D eigenvalue weighted by atomic mass is 10.2. The summed E-state index contributed by atoms with van der Waals surface area (Å²) in [6.45, 7) is 0. The Kier molecular flexibility index (Phi) is 2.36. The number of aromatic carboxylic acids is 2. The van der Waals surface area contributed by atoms with E-state index in [0.29, 0.717) is 4.88 Å². The highest BCUT2D eigenvalue weighted by molar-refractivity contribution is 7.33. The van der Waals surface area contributed by atoms with E-state index in [1.807, 2.05) is 0 Å². The van der Waals surface area contributed by atoms with Gasteiger partial charge < -0.3 is 10.2 Å². The number of hydrogen-bond donors (Lipinski definition) is 2. The molecule has 6 heteroatoms. The number of thiophene rings is 2. The second-order valence-corrected chi connectivity index (χ2v) is 5.86. The first-order valence-electron chi connectivity index (χ1n) is 4.99. The Morgan fingerprint density at radius 2 is 1.72 bits per heavy atom. The van der Waals surface area contributed by atoms with Gasteiger partial charge in [-0.3, -0.25) is 0 Å². The van der Waals surface area contributed by atoms with Crippen molar-refractivity contribution in [3.8, 4) is 0 Å². The van der Waals surface area contributed by atoms with Gasteiger partial charge in [0.15, 0.2) is 0 Å². The minimum absolute atomic E-state index is 0.245. The van der Waals surface area contributed by atoms with Crippen LogP contribution in [0.1, 0.15) is 20.0 Å². The lowest BCUT2D eigenvalue weighted by Gasteiger charge is -1.94. The highest BCUT2D eigenvalue weighted by Gasteiger charge is 2.14. The van der Waals surface area contributed by atoms with Crippen LogP contribution < -0.4 is 0 Å². The summed E-state index contributed by atoms with van der Waals surface area (Å²) < 4.78 is 2.66. The van der Waals surface area contributed by atoms with Gasteiger partial charge in [0, 0.05) is 14.8 Å². The molecule has 4 nitrogen and oxygen atoms in total. The van der Waals surface area contributed by atoms with E-state index < -0.39 is 11.9 Å². The molecular weight excluding hydrogens is 272 g/mol. The highest BCUT2D eigenvalue weighted by atomic mass is 32.1. The van der Waals surface area contributed by atoms with E-state index in [-0.39, 0.29) is 5.56 Å². The Morgan fingerprint density at radius 1 is 0.944 bits per heavy atom. The SMILES string of the molecule is O=C(O)c1ccc2c(c1)sc1cc(C(=O)O)sc12. The number of fused-ring (bicyclic) bond motifs is 3. The Hall–Kier alpha value is -1.92. The smallest absolute Gasteiger partial charge is 0.345 e. The lowest BCUT2D eigenvalue weighted by molar-refractivity contribution is 0.0688. The van der Waals surface area contributed by atoms with Gasteiger partial charge in [0.05, 0.1) is 10.3 Å². The van der Waals surface area contributed by atoms with E-state index in [1.165, 1.54) is 28.7 Å². The minimum Gasteiger partial charge on any atom is -0.478 e. The van der Waals surface area contributed by atoms with E-state index in [4.69, 9.17) is 10.2 Å². The molecule has 3 aromatic rings. The first-order valence-corrected chi connectivity index (χ1v) is 6.62. The molecule has 0 saturated heterocycles. The molecule has 0 unspecified atom stereocenters.